The summed E-state index contributed by atoms with van der Waals surface area (Å²) >= 11 is 0. The number of imide groups is 1. The maximum Gasteiger partial charge on any atom is 0.240 e. The van der Waals surface area contributed by atoms with Gasteiger partial charge in [-0.15, -0.1) is 0 Å². The summed E-state index contributed by atoms with van der Waals surface area (Å²) < 4.78 is 0. The summed E-state index contributed by atoms with van der Waals surface area (Å²) in [6.45, 7) is 4.97. The lowest BCUT2D eigenvalue weighted by atomic mass is 10.1. The second kappa shape index (κ2) is 5.85. The van der Waals surface area contributed by atoms with Crippen LogP contribution in [0, 0.1) is 0 Å². The number of rotatable bonds is 5. The Kier molecular flexibility index (Phi) is 4.75. The molecule has 1 unspecified atom stereocenters. The molecule has 0 saturated carbocycles. The molecular formula is C11H20N2O2. The first-order chi connectivity index (χ1) is 7.13. The van der Waals surface area contributed by atoms with Gasteiger partial charge in [-0.2, -0.15) is 0 Å². The Bertz CT molecular complexity index is 225. The molecule has 0 spiro atoms. The second-order valence-corrected chi connectivity index (χ2v) is 4.22. The highest BCUT2D eigenvalue weighted by atomic mass is 16.2. The molecule has 1 heterocycles. The van der Waals surface area contributed by atoms with E-state index in [1.165, 1.54) is 19.3 Å². The molecule has 0 aromatic carbocycles. The Morgan fingerprint density at radius 1 is 1.27 bits per heavy atom. The first-order valence-corrected chi connectivity index (χ1v) is 5.70. The van der Waals surface area contributed by atoms with Crippen LogP contribution in [0.4, 0.5) is 0 Å². The number of piperazine rings is 1. The van der Waals surface area contributed by atoms with Crippen LogP contribution in [-0.4, -0.2) is 35.8 Å². The Balaban J connectivity index is 2.34. The fourth-order valence-corrected chi connectivity index (χ4v) is 1.84. The van der Waals surface area contributed by atoms with Gasteiger partial charge in [-0.05, 0) is 13.3 Å². The zero-order chi connectivity index (χ0) is 11.3. The summed E-state index contributed by atoms with van der Waals surface area (Å²) in [5.74, 6) is -0.345. The lowest BCUT2D eigenvalue weighted by molar-refractivity contribution is -0.137. The van der Waals surface area contributed by atoms with Crippen LogP contribution in [0.1, 0.15) is 39.5 Å². The number of hydrogen-bond donors (Lipinski definition) is 1. The Labute approximate surface area is 91.0 Å². The zero-order valence-electron chi connectivity index (χ0n) is 9.58. The van der Waals surface area contributed by atoms with Crippen LogP contribution in [0.15, 0.2) is 0 Å². The van der Waals surface area contributed by atoms with Crippen molar-refractivity contribution in [3.8, 4) is 0 Å². The third kappa shape index (κ3) is 4.00. The third-order valence-electron chi connectivity index (χ3n) is 2.82. The molecule has 0 aliphatic carbocycles. The van der Waals surface area contributed by atoms with Gasteiger partial charge in [0.25, 0.3) is 0 Å². The Morgan fingerprint density at radius 2 is 1.87 bits per heavy atom. The summed E-state index contributed by atoms with van der Waals surface area (Å²) in [5, 5.41) is 2.31. The topological polar surface area (TPSA) is 49.4 Å². The van der Waals surface area contributed by atoms with E-state index in [4.69, 9.17) is 0 Å². The number of unbranched alkanes of at least 4 members (excludes halogenated alkanes) is 2. The van der Waals surface area contributed by atoms with Crippen LogP contribution >= 0.6 is 0 Å². The fraction of sp³-hybridized carbons (Fsp3) is 0.818. The van der Waals surface area contributed by atoms with Crippen molar-refractivity contribution in [3.05, 3.63) is 0 Å². The molecule has 1 N–H and O–H groups in total. The van der Waals surface area contributed by atoms with E-state index in [0.717, 1.165) is 6.42 Å². The monoisotopic (exact) mass is 212 g/mol. The Hall–Kier alpha value is -0.900. The predicted molar refractivity (Wildman–Crippen MR) is 58.3 cm³/mol. The smallest absolute Gasteiger partial charge is 0.240 e. The van der Waals surface area contributed by atoms with Crippen molar-refractivity contribution in [2.24, 2.45) is 0 Å². The van der Waals surface area contributed by atoms with Gasteiger partial charge in [0, 0.05) is 6.04 Å². The second-order valence-electron chi connectivity index (χ2n) is 4.22. The number of nitrogens with one attached hydrogen (secondary N) is 1. The number of nitrogens with zero attached hydrogens (tertiary/aromatic N) is 1. The van der Waals surface area contributed by atoms with Crippen molar-refractivity contribution in [2.45, 2.75) is 45.6 Å². The highest BCUT2D eigenvalue weighted by Crippen LogP contribution is 2.10. The average molecular weight is 212 g/mol. The first kappa shape index (κ1) is 12.2. The molecular weight excluding hydrogens is 192 g/mol. The maximum absolute atomic E-state index is 11.1. The summed E-state index contributed by atoms with van der Waals surface area (Å²) in [6.07, 6.45) is 4.66. The van der Waals surface area contributed by atoms with Crippen molar-refractivity contribution in [2.75, 3.05) is 13.1 Å². The van der Waals surface area contributed by atoms with E-state index in [1.54, 1.807) is 0 Å². The summed E-state index contributed by atoms with van der Waals surface area (Å²) in [5.41, 5.74) is 0. The molecule has 0 bridgehead atoms. The molecule has 4 nitrogen and oxygen atoms in total. The van der Waals surface area contributed by atoms with Crippen LogP contribution in [0.5, 0.6) is 0 Å². The van der Waals surface area contributed by atoms with Gasteiger partial charge in [0.05, 0.1) is 13.1 Å². The van der Waals surface area contributed by atoms with Crippen LogP contribution in [0.25, 0.3) is 0 Å². The van der Waals surface area contributed by atoms with Crippen LogP contribution < -0.4 is 5.32 Å². The quantitative estimate of drug-likeness (QED) is 0.544. The highest BCUT2D eigenvalue weighted by Gasteiger charge is 2.25. The van der Waals surface area contributed by atoms with Crippen molar-refractivity contribution < 1.29 is 9.59 Å². The van der Waals surface area contributed by atoms with Gasteiger partial charge < -0.3 is 0 Å². The normalized spacial score (nSPS) is 20.1. The summed E-state index contributed by atoms with van der Waals surface area (Å²) in [6, 6.07) is 0.326. The van der Waals surface area contributed by atoms with E-state index in [0.29, 0.717) is 19.1 Å². The molecule has 86 valence electrons. The van der Waals surface area contributed by atoms with Gasteiger partial charge in [-0.3, -0.25) is 19.8 Å². The van der Waals surface area contributed by atoms with Crippen LogP contribution in [0.3, 0.4) is 0 Å². The van der Waals surface area contributed by atoms with E-state index in [-0.39, 0.29) is 11.8 Å². The number of carbonyl (C=O) groups excluding carboxylic acids is 2. The Morgan fingerprint density at radius 3 is 2.40 bits per heavy atom. The predicted octanol–water partition coefficient (Wildman–Crippen LogP) is 0.914. The van der Waals surface area contributed by atoms with Gasteiger partial charge >= 0.3 is 0 Å². The largest absolute Gasteiger partial charge is 0.294 e. The molecule has 15 heavy (non-hydrogen) atoms. The summed E-state index contributed by atoms with van der Waals surface area (Å²) in [4.78, 5) is 24.2. The fourth-order valence-electron chi connectivity index (χ4n) is 1.84. The molecule has 1 aliphatic heterocycles. The minimum atomic E-state index is -0.173. The van der Waals surface area contributed by atoms with Gasteiger partial charge in [-0.25, -0.2) is 0 Å². The zero-order valence-corrected chi connectivity index (χ0v) is 9.58. The average Bonchev–Trinajstić information content (AvgIpc) is 2.16. The van der Waals surface area contributed by atoms with Crippen molar-refractivity contribution in [3.63, 3.8) is 0 Å². The molecule has 1 aliphatic rings. The first-order valence-electron chi connectivity index (χ1n) is 5.70. The van der Waals surface area contributed by atoms with E-state index < -0.39 is 0 Å². The van der Waals surface area contributed by atoms with Gasteiger partial charge in [-0.1, -0.05) is 26.2 Å². The van der Waals surface area contributed by atoms with E-state index in [2.05, 4.69) is 19.2 Å². The standard InChI is InChI=1S/C11H20N2O2/c1-3-4-5-6-9(2)13-7-10(14)12-11(15)8-13/h9H,3-8H2,1-2H3,(H,12,14,15). The molecule has 1 saturated heterocycles. The molecule has 0 radical (unpaired) electrons. The van der Waals surface area contributed by atoms with Gasteiger partial charge in [0.1, 0.15) is 0 Å². The number of amides is 2. The lowest BCUT2D eigenvalue weighted by Crippen LogP contribution is -2.54. The molecule has 0 aromatic rings. The van der Waals surface area contributed by atoms with Gasteiger partial charge in [0.2, 0.25) is 11.8 Å². The minimum absolute atomic E-state index is 0.173. The van der Waals surface area contributed by atoms with Crippen molar-refractivity contribution >= 4 is 11.8 Å². The van der Waals surface area contributed by atoms with E-state index >= 15 is 0 Å². The van der Waals surface area contributed by atoms with Gasteiger partial charge in [0.15, 0.2) is 0 Å². The van der Waals surface area contributed by atoms with Crippen molar-refractivity contribution in [1.82, 2.24) is 10.2 Å². The SMILES string of the molecule is CCCCCC(C)N1CC(=O)NC(=O)C1. The lowest BCUT2D eigenvalue weighted by Gasteiger charge is -2.30. The number of carbonyl (C=O) groups is 2. The number of hydrogen-bond acceptors (Lipinski definition) is 3. The van der Waals surface area contributed by atoms with E-state index in [1.807, 2.05) is 4.90 Å². The van der Waals surface area contributed by atoms with Crippen molar-refractivity contribution in [1.29, 1.82) is 0 Å². The molecule has 1 atom stereocenters. The molecule has 4 heteroatoms. The maximum atomic E-state index is 11.1. The molecule has 0 aromatic heterocycles. The molecule has 2 amide bonds. The van der Waals surface area contributed by atoms with Crippen LogP contribution in [-0.2, 0) is 9.59 Å². The third-order valence-corrected chi connectivity index (χ3v) is 2.82. The molecule has 1 rings (SSSR count). The summed E-state index contributed by atoms with van der Waals surface area (Å²) in [7, 11) is 0. The van der Waals surface area contributed by atoms with Crippen LogP contribution in [0.2, 0.25) is 0 Å². The van der Waals surface area contributed by atoms with E-state index in [9.17, 15) is 9.59 Å². The molecule has 1 fully saturated rings. The minimum Gasteiger partial charge on any atom is -0.294 e. The highest BCUT2D eigenvalue weighted by molar-refractivity contribution is 5.99.